The van der Waals surface area contributed by atoms with E-state index in [1.807, 2.05) is 36.4 Å². The average Bonchev–Trinajstić information content (AvgIpc) is 2.46. The van der Waals surface area contributed by atoms with E-state index in [4.69, 9.17) is 0 Å². The first kappa shape index (κ1) is 10.6. The van der Waals surface area contributed by atoms with Crippen molar-refractivity contribution in [2.75, 3.05) is 0 Å². The van der Waals surface area contributed by atoms with Crippen LogP contribution in [0.5, 0.6) is 0 Å². The third-order valence-corrected chi connectivity index (χ3v) is 2.82. The molecule has 0 aliphatic rings. The molecule has 0 saturated carbocycles. The highest BCUT2D eigenvalue weighted by molar-refractivity contribution is 5.83. The van der Waals surface area contributed by atoms with E-state index in [-0.39, 0.29) is 0 Å². The van der Waals surface area contributed by atoms with Crippen LogP contribution in [0.4, 0.5) is 0 Å². The van der Waals surface area contributed by atoms with E-state index in [1.165, 1.54) is 10.8 Å². The van der Waals surface area contributed by atoms with Crippen LogP contribution in [0.1, 0.15) is 11.1 Å². The highest BCUT2D eigenvalue weighted by atomic mass is 14.0. The number of rotatable bonds is 0. The normalized spacial score (nSPS) is 9.78. The Kier molecular flexibility index (Phi) is 2.82. The lowest BCUT2D eigenvalue weighted by atomic mass is 10.1. The van der Waals surface area contributed by atoms with Crippen molar-refractivity contribution in [2.45, 2.75) is 0 Å². The molecule has 0 aliphatic heterocycles. The van der Waals surface area contributed by atoms with Gasteiger partial charge in [-0.2, -0.15) is 0 Å². The first-order valence-corrected chi connectivity index (χ1v) is 5.89. The monoisotopic (exact) mass is 227 g/mol. The molecular formula is C18H11. The Morgan fingerprint density at radius 1 is 0.667 bits per heavy atom. The molecule has 0 N–H and O–H groups in total. The van der Waals surface area contributed by atoms with Crippen LogP contribution in [0.2, 0.25) is 0 Å². The molecule has 0 amide bonds. The summed E-state index contributed by atoms with van der Waals surface area (Å²) in [5.41, 5.74) is 2.06. The molecule has 0 spiro atoms. The molecule has 0 fully saturated rings. The Labute approximate surface area is 107 Å². The molecule has 0 heterocycles. The quantitative estimate of drug-likeness (QED) is 0.508. The molecule has 3 aromatic carbocycles. The van der Waals surface area contributed by atoms with Crippen LogP contribution in [0.3, 0.4) is 0 Å². The zero-order valence-electron chi connectivity index (χ0n) is 9.85. The molecule has 0 atom stereocenters. The van der Waals surface area contributed by atoms with Gasteiger partial charge in [-0.05, 0) is 41.1 Å². The van der Waals surface area contributed by atoms with Crippen LogP contribution >= 0.6 is 0 Å². The molecule has 3 rings (SSSR count). The fraction of sp³-hybridized carbons (Fsp3) is 0. The lowest BCUT2D eigenvalue weighted by Crippen LogP contribution is -1.77. The summed E-state index contributed by atoms with van der Waals surface area (Å²) in [7, 11) is 0. The Balaban J connectivity index is 1.99. The van der Waals surface area contributed by atoms with Crippen molar-refractivity contribution in [1.29, 1.82) is 0 Å². The van der Waals surface area contributed by atoms with Crippen LogP contribution in [-0.2, 0) is 0 Å². The van der Waals surface area contributed by atoms with Gasteiger partial charge in [0.2, 0.25) is 0 Å². The van der Waals surface area contributed by atoms with Crippen LogP contribution in [0.15, 0.2) is 66.7 Å². The zero-order chi connectivity index (χ0) is 12.2. The second-order valence-corrected chi connectivity index (χ2v) is 4.10. The molecular weight excluding hydrogens is 216 g/mol. The van der Waals surface area contributed by atoms with E-state index in [9.17, 15) is 0 Å². The Hall–Kier alpha value is -2.52. The van der Waals surface area contributed by atoms with Crippen molar-refractivity contribution in [2.24, 2.45) is 0 Å². The molecule has 83 valence electrons. The van der Waals surface area contributed by atoms with Crippen molar-refractivity contribution < 1.29 is 0 Å². The Bertz CT molecular complexity index is 728. The maximum absolute atomic E-state index is 3.19. The van der Waals surface area contributed by atoms with Gasteiger partial charge in [0.05, 0.1) is 0 Å². The summed E-state index contributed by atoms with van der Waals surface area (Å²) in [6, 6.07) is 25.3. The van der Waals surface area contributed by atoms with E-state index < -0.39 is 0 Å². The van der Waals surface area contributed by atoms with Crippen molar-refractivity contribution in [3.05, 3.63) is 83.9 Å². The van der Waals surface area contributed by atoms with Crippen molar-refractivity contribution in [3.63, 3.8) is 0 Å². The first-order chi connectivity index (χ1) is 8.92. The molecule has 0 saturated heterocycles. The lowest BCUT2D eigenvalue weighted by molar-refractivity contribution is 1.63. The minimum absolute atomic E-state index is 1.02. The van der Waals surface area contributed by atoms with E-state index in [1.54, 1.807) is 0 Å². The Morgan fingerprint density at radius 2 is 1.39 bits per heavy atom. The third-order valence-electron chi connectivity index (χ3n) is 2.82. The number of hydrogen-bond donors (Lipinski definition) is 0. The predicted octanol–water partition coefficient (Wildman–Crippen LogP) is 4.04. The average molecular weight is 227 g/mol. The van der Waals surface area contributed by atoms with Crippen LogP contribution < -0.4 is 0 Å². The van der Waals surface area contributed by atoms with Gasteiger partial charge in [-0.25, -0.2) is 0 Å². The van der Waals surface area contributed by atoms with Gasteiger partial charge in [-0.1, -0.05) is 54.3 Å². The summed E-state index contributed by atoms with van der Waals surface area (Å²) in [5.74, 6) is 6.34. The van der Waals surface area contributed by atoms with E-state index >= 15 is 0 Å². The molecule has 0 aromatic heterocycles. The van der Waals surface area contributed by atoms with Crippen LogP contribution in [0.25, 0.3) is 10.8 Å². The minimum atomic E-state index is 1.02. The van der Waals surface area contributed by atoms with Crippen molar-refractivity contribution >= 4 is 10.8 Å². The van der Waals surface area contributed by atoms with E-state index in [0.29, 0.717) is 0 Å². The fourth-order valence-corrected chi connectivity index (χ4v) is 1.88. The molecule has 0 unspecified atom stereocenters. The van der Waals surface area contributed by atoms with Gasteiger partial charge in [0.15, 0.2) is 0 Å². The largest absolute Gasteiger partial charge is 0.0617 e. The summed E-state index contributed by atoms with van der Waals surface area (Å²) in [4.78, 5) is 0. The minimum Gasteiger partial charge on any atom is -0.0617 e. The third kappa shape index (κ3) is 2.26. The lowest BCUT2D eigenvalue weighted by Gasteiger charge is -1.97. The number of hydrogen-bond acceptors (Lipinski definition) is 0. The fourth-order valence-electron chi connectivity index (χ4n) is 1.88. The standard InChI is InChI=1S/C18H11/c1-2-6-15(7-3-1)10-11-16-12-13-17-8-4-5-9-18(17)14-16/h2-9,12-14H. The highest BCUT2D eigenvalue weighted by Crippen LogP contribution is 2.14. The first-order valence-electron chi connectivity index (χ1n) is 5.89. The molecule has 3 aromatic rings. The SMILES string of the molecule is C(#Cc1ccc2ccccc2c1)c1cc[c]cc1. The van der Waals surface area contributed by atoms with Gasteiger partial charge in [0.1, 0.15) is 0 Å². The van der Waals surface area contributed by atoms with Crippen LogP contribution in [-0.4, -0.2) is 0 Å². The summed E-state index contributed by atoms with van der Waals surface area (Å²) >= 11 is 0. The van der Waals surface area contributed by atoms with Crippen molar-refractivity contribution in [1.82, 2.24) is 0 Å². The van der Waals surface area contributed by atoms with Gasteiger partial charge in [-0.15, -0.1) is 0 Å². The van der Waals surface area contributed by atoms with E-state index in [0.717, 1.165) is 11.1 Å². The van der Waals surface area contributed by atoms with Gasteiger partial charge >= 0.3 is 0 Å². The summed E-state index contributed by atoms with van der Waals surface area (Å²) in [5, 5.41) is 2.48. The van der Waals surface area contributed by atoms with Crippen LogP contribution in [0, 0.1) is 17.9 Å². The maximum atomic E-state index is 3.19. The van der Waals surface area contributed by atoms with Gasteiger partial charge < -0.3 is 0 Å². The second-order valence-electron chi connectivity index (χ2n) is 4.10. The maximum Gasteiger partial charge on any atom is 0.0255 e. The number of benzene rings is 3. The van der Waals surface area contributed by atoms with E-state index in [2.05, 4.69) is 48.2 Å². The molecule has 0 nitrogen and oxygen atoms in total. The van der Waals surface area contributed by atoms with Gasteiger partial charge in [-0.3, -0.25) is 0 Å². The highest BCUT2D eigenvalue weighted by Gasteiger charge is 1.92. The summed E-state index contributed by atoms with van der Waals surface area (Å²) < 4.78 is 0. The molecule has 0 aliphatic carbocycles. The summed E-state index contributed by atoms with van der Waals surface area (Å²) in [6.45, 7) is 0. The number of fused-ring (bicyclic) bond motifs is 1. The smallest absolute Gasteiger partial charge is 0.0255 e. The second kappa shape index (κ2) is 4.77. The van der Waals surface area contributed by atoms with Crippen molar-refractivity contribution in [3.8, 4) is 11.8 Å². The Morgan fingerprint density at radius 3 is 2.22 bits per heavy atom. The molecule has 1 radical (unpaired) electrons. The summed E-state index contributed by atoms with van der Waals surface area (Å²) in [6.07, 6.45) is 0. The molecule has 18 heavy (non-hydrogen) atoms. The van der Waals surface area contributed by atoms with Gasteiger partial charge in [0.25, 0.3) is 0 Å². The topological polar surface area (TPSA) is 0 Å². The molecule has 0 bridgehead atoms. The molecule has 0 heteroatoms. The van der Waals surface area contributed by atoms with Gasteiger partial charge in [0, 0.05) is 11.1 Å². The predicted molar refractivity (Wildman–Crippen MR) is 75.2 cm³/mol. The zero-order valence-corrected chi connectivity index (χ0v) is 9.85.